The van der Waals surface area contributed by atoms with Gasteiger partial charge in [-0.3, -0.25) is 4.79 Å². The molecule has 1 amide bonds. The van der Waals surface area contributed by atoms with Crippen LogP contribution in [0.2, 0.25) is 0 Å². The maximum atomic E-state index is 11.6. The summed E-state index contributed by atoms with van der Waals surface area (Å²) in [7, 11) is 0. The van der Waals surface area contributed by atoms with Crippen molar-refractivity contribution in [3.05, 3.63) is 40.4 Å². The third kappa shape index (κ3) is 2.34. The molecule has 5 heteroatoms. The third-order valence-corrected chi connectivity index (χ3v) is 3.56. The first-order valence-corrected chi connectivity index (χ1v) is 6.65. The Kier molecular flexibility index (Phi) is 3.58. The fraction of sp³-hybridized carbons (Fsp3) is 0.231. The van der Waals surface area contributed by atoms with Gasteiger partial charge in [-0.15, -0.1) is 11.8 Å². The lowest BCUT2D eigenvalue weighted by atomic mass is 9.87. The lowest BCUT2D eigenvalue weighted by Crippen LogP contribution is -2.30. The zero-order valence-corrected chi connectivity index (χ0v) is 10.6. The Morgan fingerprint density at radius 1 is 1.56 bits per heavy atom. The van der Waals surface area contributed by atoms with E-state index >= 15 is 0 Å². The smallest absolute Gasteiger partial charge is 0.225 e. The first kappa shape index (κ1) is 12.5. The highest BCUT2D eigenvalue weighted by molar-refractivity contribution is 8.02. The number of thioether (sulfide) groups is 1. The summed E-state index contributed by atoms with van der Waals surface area (Å²) in [6.07, 6.45) is 2.05. The van der Waals surface area contributed by atoms with Crippen LogP contribution in [0, 0.1) is 11.3 Å². The second-order valence-corrected chi connectivity index (χ2v) is 4.78. The van der Waals surface area contributed by atoms with Crippen molar-refractivity contribution < 1.29 is 9.90 Å². The SMILES string of the molecule is CSC1=C(C#N)[C@H](c2cccc(O)c2)CC(=O)N1. The summed E-state index contributed by atoms with van der Waals surface area (Å²) in [4.78, 5) is 11.6. The number of nitrogens with zero attached hydrogens (tertiary/aromatic N) is 1. The van der Waals surface area contributed by atoms with Gasteiger partial charge in [0.2, 0.25) is 5.91 Å². The molecule has 0 spiro atoms. The normalized spacial score (nSPS) is 19.3. The maximum Gasteiger partial charge on any atom is 0.225 e. The first-order valence-electron chi connectivity index (χ1n) is 5.42. The molecule has 0 saturated carbocycles. The molecule has 4 nitrogen and oxygen atoms in total. The minimum atomic E-state index is -0.279. The molecule has 0 unspecified atom stereocenters. The number of carbonyl (C=O) groups excluding carboxylic acids is 1. The summed E-state index contributed by atoms with van der Waals surface area (Å²) in [6, 6.07) is 8.85. The fourth-order valence-corrected chi connectivity index (χ4v) is 2.63. The quantitative estimate of drug-likeness (QED) is 0.854. The molecule has 18 heavy (non-hydrogen) atoms. The van der Waals surface area contributed by atoms with E-state index in [0.717, 1.165) is 5.56 Å². The van der Waals surface area contributed by atoms with E-state index in [2.05, 4.69) is 11.4 Å². The van der Waals surface area contributed by atoms with E-state index in [9.17, 15) is 15.2 Å². The molecule has 92 valence electrons. The van der Waals surface area contributed by atoms with Gasteiger partial charge in [0, 0.05) is 12.3 Å². The molecule has 0 saturated heterocycles. The Balaban J connectivity index is 2.48. The molecule has 2 rings (SSSR count). The number of nitrogens with one attached hydrogen (secondary N) is 1. The second kappa shape index (κ2) is 5.15. The predicted molar refractivity (Wildman–Crippen MR) is 69.8 cm³/mol. The molecular formula is C13H12N2O2S. The average Bonchev–Trinajstić information content (AvgIpc) is 2.37. The number of allylic oxidation sites excluding steroid dienone is 1. The van der Waals surface area contributed by atoms with Gasteiger partial charge in [0.05, 0.1) is 16.7 Å². The van der Waals surface area contributed by atoms with E-state index in [0.29, 0.717) is 10.6 Å². The van der Waals surface area contributed by atoms with Crippen molar-refractivity contribution in [3.8, 4) is 11.8 Å². The van der Waals surface area contributed by atoms with Crippen LogP contribution in [0.5, 0.6) is 5.75 Å². The summed E-state index contributed by atoms with van der Waals surface area (Å²) < 4.78 is 0. The molecule has 1 aliphatic heterocycles. The van der Waals surface area contributed by atoms with Crippen LogP contribution in [-0.4, -0.2) is 17.3 Å². The number of carbonyl (C=O) groups is 1. The lowest BCUT2D eigenvalue weighted by Gasteiger charge is -2.24. The zero-order valence-electron chi connectivity index (χ0n) is 9.80. The predicted octanol–water partition coefficient (Wildman–Crippen LogP) is 2.09. The molecule has 0 bridgehead atoms. The van der Waals surface area contributed by atoms with Crippen LogP contribution >= 0.6 is 11.8 Å². The van der Waals surface area contributed by atoms with E-state index in [1.54, 1.807) is 18.2 Å². The van der Waals surface area contributed by atoms with Gasteiger partial charge in [0.25, 0.3) is 0 Å². The Morgan fingerprint density at radius 3 is 2.94 bits per heavy atom. The van der Waals surface area contributed by atoms with Crippen molar-refractivity contribution in [1.29, 1.82) is 5.26 Å². The second-order valence-electron chi connectivity index (χ2n) is 3.96. The Labute approximate surface area is 109 Å². The van der Waals surface area contributed by atoms with Gasteiger partial charge in [-0.2, -0.15) is 5.26 Å². The van der Waals surface area contributed by atoms with Crippen molar-refractivity contribution in [2.45, 2.75) is 12.3 Å². The van der Waals surface area contributed by atoms with E-state index in [1.165, 1.54) is 11.8 Å². The Morgan fingerprint density at radius 2 is 2.33 bits per heavy atom. The van der Waals surface area contributed by atoms with Gasteiger partial charge in [-0.1, -0.05) is 12.1 Å². The number of phenols is 1. The number of rotatable bonds is 2. The van der Waals surface area contributed by atoms with Crippen molar-refractivity contribution >= 4 is 17.7 Å². The molecule has 1 aromatic rings. The van der Waals surface area contributed by atoms with Crippen molar-refractivity contribution in [3.63, 3.8) is 0 Å². The number of aromatic hydroxyl groups is 1. The minimum Gasteiger partial charge on any atom is -0.508 e. The number of hydrogen-bond donors (Lipinski definition) is 2. The molecule has 0 aliphatic carbocycles. The molecule has 1 heterocycles. The number of benzene rings is 1. The summed E-state index contributed by atoms with van der Waals surface area (Å²) in [6.45, 7) is 0. The van der Waals surface area contributed by atoms with Crippen molar-refractivity contribution in [2.24, 2.45) is 0 Å². The van der Waals surface area contributed by atoms with Crippen LogP contribution < -0.4 is 5.32 Å². The van der Waals surface area contributed by atoms with Gasteiger partial charge in [0.1, 0.15) is 5.75 Å². The lowest BCUT2D eigenvalue weighted by molar-refractivity contribution is -0.120. The molecule has 1 aromatic carbocycles. The summed E-state index contributed by atoms with van der Waals surface area (Å²) >= 11 is 1.35. The highest BCUT2D eigenvalue weighted by atomic mass is 32.2. The zero-order chi connectivity index (χ0) is 13.1. The number of nitriles is 1. The fourth-order valence-electron chi connectivity index (χ4n) is 2.01. The molecule has 0 fully saturated rings. The monoisotopic (exact) mass is 260 g/mol. The van der Waals surface area contributed by atoms with Gasteiger partial charge >= 0.3 is 0 Å². The van der Waals surface area contributed by atoms with E-state index < -0.39 is 0 Å². The van der Waals surface area contributed by atoms with Gasteiger partial charge in [-0.25, -0.2) is 0 Å². The van der Waals surface area contributed by atoms with Crippen LogP contribution in [-0.2, 0) is 4.79 Å². The van der Waals surface area contributed by atoms with Crippen LogP contribution in [0.3, 0.4) is 0 Å². The average molecular weight is 260 g/mol. The van der Waals surface area contributed by atoms with Crippen LogP contribution in [0.4, 0.5) is 0 Å². The van der Waals surface area contributed by atoms with Crippen molar-refractivity contribution in [1.82, 2.24) is 5.32 Å². The summed E-state index contributed by atoms with van der Waals surface area (Å²) in [5.41, 5.74) is 1.33. The molecule has 2 N–H and O–H groups in total. The highest BCUT2D eigenvalue weighted by Gasteiger charge is 2.29. The first-order chi connectivity index (χ1) is 8.65. The standard InChI is InChI=1S/C13H12N2O2S/c1-18-13-11(7-14)10(6-12(17)15-13)8-3-2-4-9(16)5-8/h2-5,10,16H,6H2,1H3,(H,15,17)/t10-/m0/s1. The maximum absolute atomic E-state index is 11.6. The minimum absolute atomic E-state index is 0.105. The molecular weight excluding hydrogens is 248 g/mol. The van der Waals surface area contributed by atoms with Crippen molar-refractivity contribution in [2.75, 3.05) is 6.26 Å². The van der Waals surface area contributed by atoms with Crippen LogP contribution in [0.25, 0.3) is 0 Å². The van der Waals surface area contributed by atoms with Crippen LogP contribution in [0.1, 0.15) is 17.9 Å². The summed E-state index contributed by atoms with van der Waals surface area (Å²) in [5.74, 6) is -0.244. The number of hydrogen-bond acceptors (Lipinski definition) is 4. The highest BCUT2D eigenvalue weighted by Crippen LogP contribution is 2.35. The number of amides is 1. The molecule has 1 atom stereocenters. The van der Waals surface area contributed by atoms with E-state index in [-0.39, 0.29) is 24.0 Å². The van der Waals surface area contributed by atoms with Gasteiger partial charge in [0.15, 0.2) is 0 Å². The third-order valence-electron chi connectivity index (χ3n) is 2.83. The summed E-state index contributed by atoms with van der Waals surface area (Å²) in [5, 5.41) is 22.0. The number of phenolic OH excluding ortho intramolecular Hbond substituents is 1. The largest absolute Gasteiger partial charge is 0.508 e. The van der Waals surface area contributed by atoms with Crippen LogP contribution in [0.15, 0.2) is 34.9 Å². The topological polar surface area (TPSA) is 73.1 Å². The van der Waals surface area contributed by atoms with Gasteiger partial charge < -0.3 is 10.4 Å². The Bertz CT molecular complexity index is 560. The van der Waals surface area contributed by atoms with Gasteiger partial charge in [-0.05, 0) is 24.0 Å². The molecule has 0 aromatic heterocycles. The Hall–Kier alpha value is -1.93. The van der Waals surface area contributed by atoms with E-state index in [1.807, 2.05) is 12.3 Å². The van der Waals surface area contributed by atoms with E-state index in [4.69, 9.17) is 0 Å². The molecule has 1 aliphatic rings. The molecule has 0 radical (unpaired) electrons.